The van der Waals surface area contributed by atoms with Crippen molar-refractivity contribution in [2.45, 2.75) is 6.54 Å². The summed E-state index contributed by atoms with van der Waals surface area (Å²) < 4.78 is 1.98. The van der Waals surface area contributed by atoms with Crippen LogP contribution in [0.4, 0.5) is 5.82 Å². The number of pyridine rings is 2. The van der Waals surface area contributed by atoms with Crippen molar-refractivity contribution in [1.29, 1.82) is 5.26 Å². The summed E-state index contributed by atoms with van der Waals surface area (Å²) in [7, 11) is 0. The number of hydrogen-bond donors (Lipinski definition) is 1. The van der Waals surface area contributed by atoms with Gasteiger partial charge >= 0.3 is 0 Å². The van der Waals surface area contributed by atoms with Crippen LogP contribution in [0, 0.1) is 11.3 Å². The molecule has 3 heterocycles. The van der Waals surface area contributed by atoms with Gasteiger partial charge in [-0.3, -0.25) is 4.57 Å². The van der Waals surface area contributed by atoms with E-state index in [0.29, 0.717) is 17.9 Å². The fraction of sp³-hybridized carbons (Fsp3) is 0.0526. The van der Waals surface area contributed by atoms with Gasteiger partial charge in [0.2, 0.25) is 0 Å². The third kappa shape index (κ3) is 2.91. The molecule has 1 N–H and O–H groups in total. The first-order valence-corrected chi connectivity index (χ1v) is 7.81. The number of nitriles is 1. The fourth-order valence-electron chi connectivity index (χ4n) is 2.70. The van der Waals surface area contributed by atoms with Gasteiger partial charge in [-0.05, 0) is 30.3 Å². The van der Waals surface area contributed by atoms with Gasteiger partial charge in [0.25, 0.3) is 0 Å². The molecule has 0 aliphatic carbocycles. The van der Waals surface area contributed by atoms with E-state index in [2.05, 4.69) is 26.3 Å². The lowest BCUT2D eigenvalue weighted by atomic mass is 10.2. The molecule has 0 radical (unpaired) electrons. The Labute approximate surface area is 144 Å². The minimum atomic E-state index is 0.539. The van der Waals surface area contributed by atoms with Crippen LogP contribution in [0.2, 0.25) is 0 Å². The van der Waals surface area contributed by atoms with E-state index in [4.69, 9.17) is 5.26 Å². The molecule has 4 aromatic rings. The summed E-state index contributed by atoms with van der Waals surface area (Å²) in [6, 6.07) is 17.4. The maximum Gasteiger partial charge on any atom is 0.143 e. The molecule has 3 aromatic heterocycles. The molecule has 0 amide bonds. The molecule has 0 aliphatic rings. The Hall–Kier alpha value is -3.72. The summed E-state index contributed by atoms with van der Waals surface area (Å²) in [5.74, 6) is 1.48. The third-order valence-electron chi connectivity index (χ3n) is 3.90. The molecule has 4 rings (SSSR count). The van der Waals surface area contributed by atoms with E-state index in [1.165, 1.54) is 0 Å². The van der Waals surface area contributed by atoms with Gasteiger partial charge in [0.05, 0.1) is 22.7 Å². The van der Waals surface area contributed by atoms with Crippen molar-refractivity contribution in [3.05, 3.63) is 78.4 Å². The van der Waals surface area contributed by atoms with E-state index in [9.17, 15) is 0 Å². The summed E-state index contributed by atoms with van der Waals surface area (Å²) in [6.07, 6.45) is 5.17. The molecular weight excluding hydrogens is 312 g/mol. The highest BCUT2D eigenvalue weighted by Gasteiger charge is 2.10. The smallest absolute Gasteiger partial charge is 0.143 e. The average molecular weight is 326 g/mol. The standard InChI is InChI=1S/C19H14N6/c20-11-14-7-9-21-18(10-14)23-12-15-4-3-8-22-19(15)25-13-24-16-5-1-2-6-17(16)25/h1-10,13H,12H2,(H,21,23). The Morgan fingerprint density at radius 3 is 2.84 bits per heavy atom. The summed E-state index contributed by atoms with van der Waals surface area (Å²) in [5, 5.41) is 12.2. The molecule has 0 aliphatic heterocycles. The summed E-state index contributed by atoms with van der Waals surface area (Å²) in [5.41, 5.74) is 3.52. The van der Waals surface area contributed by atoms with E-state index in [1.807, 2.05) is 41.0 Å². The first kappa shape index (κ1) is 14.8. The Balaban J connectivity index is 1.66. The molecule has 0 saturated carbocycles. The Morgan fingerprint density at radius 2 is 1.92 bits per heavy atom. The van der Waals surface area contributed by atoms with E-state index in [-0.39, 0.29) is 0 Å². The van der Waals surface area contributed by atoms with Crippen molar-refractivity contribution in [2.24, 2.45) is 0 Å². The van der Waals surface area contributed by atoms with Crippen molar-refractivity contribution in [2.75, 3.05) is 5.32 Å². The number of nitrogens with one attached hydrogen (secondary N) is 1. The summed E-state index contributed by atoms with van der Waals surface area (Å²) in [6.45, 7) is 0.539. The number of hydrogen-bond acceptors (Lipinski definition) is 5. The number of nitrogens with zero attached hydrogens (tertiary/aromatic N) is 5. The topological polar surface area (TPSA) is 79.4 Å². The Morgan fingerprint density at radius 1 is 1.00 bits per heavy atom. The van der Waals surface area contributed by atoms with Crippen molar-refractivity contribution >= 4 is 16.9 Å². The predicted molar refractivity (Wildman–Crippen MR) is 95.1 cm³/mol. The van der Waals surface area contributed by atoms with Crippen LogP contribution in [-0.4, -0.2) is 19.5 Å². The molecule has 0 unspecified atom stereocenters. The lowest BCUT2D eigenvalue weighted by Crippen LogP contribution is -2.07. The van der Waals surface area contributed by atoms with Crippen molar-refractivity contribution < 1.29 is 0 Å². The number of benzene rings is 1. The van der Waals surface area contributed by atoms with E-state index < -0.39 is 0 Å². The number of imidazole rings is 1. The minimum Gasteiger partial charge on any atom is -0.366 e. The highest BCUT2D eigenvalue weighted by atomic mass is 15.1. The summed E-state index contributed by atoms with van der Waals surface area (Å²) in [4.78, 5) is 13.2. The molecule has 0 saturated heterocycles. The van der Waals surface area contributed by atoms with Gasteiger partial charge in [-0.15, -0.1) is 0 Å². The zero-order valence-electron chi connectivity index (χ0n) is 13.3. The van der Waals surface area contributed by atoms with Crippen LogP contribution in [0.25, 0.3) is 16.9 Å². The van der Waals surface area contributed by atoms with Crippen LogP contribution in [-0.2, 0) is 6.54 Å². The molecule has 0 fully saturated rings. The van der Waals surface area contributed by atoms with Gasteiger partial charge in [0, 0.05) is 24.5 Å². The maximum atomic E-state index is 8.99. The Bertz CT molecular complexity index is 1080. The van der Waals surface area contributed by atoms with E-state index in [0.717, 1.165) is 22.4 Å². The van der Waals surface area contributed by atoms with Crippen LogP contribution >= 0.6 is 0 Å². The number of aromatic nitrogens is 4. The second kappa shape index (κ2) is 6.42. The molecule has 1 aromatic carbocycles. The predicted octanol–water partition coefficient (Wildman–Crippen LogP) is 3.30. The highest BCUT2D eigenvalue weighted by molar-refractivity contribution is 5.77. The van der Waals surface area contributed by atoms with Gasteiger partial charge in [-0.2, -0.15) is 5.26 Å². The monoisotopic (exact) mass is 326 g/mol. The van der Waals surface area contributed by atoms with E-state index in [1.54, 1.807) is 30.9 Å². The van der Waals surface area contributed by atoms with E-state index >= 15 is 0 Å². The SMILES string of the molecule is N#Cc1ccnc(NCc2cccnc2-n2cnc3ccccc32)c1. The molecule has 25 heavy (non-hydrogen) atoms. The lowest BCUT2D eigenvalue weighted by Gasteiger charge is -2.11. The second-order valence-corrected chi connectivity index (χ2v) is 5.48. The van der Waals surface area contributed by atoms with Crippen LogP contribution in [0.3, 0.4) is 0 Å². The van der Waals surface area contributed by atoms with Crippen molar-refractivity contribution in [3.63, 3.8) is 0 Å². The summed E-state index contributed by atoms with van der Waals surface area (Å²) >= 11 is 0. The third-order valence-corrected chi connectivity index (χ3v) is 3.90. The molecule has 6 nitrogen and oxygen atoms in total. The number of anilines is 1. The van der Waals surface area contributed by atoms with Gasteiger partial charge in [-0.25, -0.2) is 15.0 Å². The maximum absolute atomic E-state index is 8.99. The first-order chi connectivity index (χ1) is 12.3. The van der Waals surface area contributed by atoms with Crippen LogP contribution in [0.15, 0.2) is 67.3 Å². The van der Waals surface area contributed by atoms with Gasteiger partial charge in [-0.1, -0.05) is 18.2 Å². The van der Waals surface area contributed by atoms with Crippen LogP contribution < -0.4 is 5.32 Å². The molecule has 0 atom stereocenters. The second-order valence-electron chi connectivity index (χ2n) is 5.48. The van der Waals surface area contributed by atoms with Crippen molar-refractivity contribution in [3.8, 4) is 11.9 Å². The zero-order valence-corrected chi connectivity index (χ0v) is 13.3. The van der Waals surface area contributed by atoms with Gasteiger partial charge in [0.1, 0.15) is 18.0 Å². The largest absolute Gasteiger partial charge is 0.366 e. The molecule has 0 spiro atoms. The molecule has 0 bridgehead atoms. The fourth-order valence-corrected chi connectivity index (χ4v) is 2.70. The highest BCUT2D eigenvalue weighted by Crippen LogP contribution is 2.20. The van der Waals surface area contributed by atoms with Gasteiger partial charge < -0.3 is 5.32 Å². The number of fused-ring (bicyclic) bond motifs is 1. The lowest BCUT2D eigenvalue weighted by molar-refractivity contribution is 0.967. The van der Waals surface area contributed by atoms with Crippen molar-refractivity contribution in [1.82, 2.24) is 19.5 Å². The number of rotatable bonds is 4. The quantitative estimate of drug-likeness (QED) is 0.622. The van der Waals surface area contributed by atoms with Crippen LogP contribution in [0.1, 0.15) is 11.1 Å². The average Bonchev–Trinajstić information content (AvgIpc) is 3.11. The molecule has 120 valence electrons. The Kier molecular flexibility index (Phi) is 3.81. The minimum absolute atomic E-state index is 0.539. The normalized spacial score (nSPS) is 10.5. The molecular formula is C19H14N6. The number of para-hydroxylation sites is 2. The first-order valence-electron chi connectivity index (χ1n) is 7.81. The molecule has 6 heteroatoms. The van der Waals surface area contributed by atoms with Crippen LogP contribution in [0.5, 0.6) is 0 Å². The van der Waals surface area contributed by atoms with Gasteiger partial charge in [0.15, 0.2) is 0 Å². The zero-order chi connectivity index (χ0) is 17.1.